The fourth-order valence-corrected chi connectivity index (χ4v) is 3.70. The molecule has 3 aromatic rings. The quantitative estimate of drug-likeness (QED) is 0.593. The zero-order chi connectivity index (χ0) is 19.4. The van der Waals surface area contributed by atoms with E-state index >= 15 is 0 Å². The minimum atomic E-state index is 0.0356. The molecule has 0 aliphatic heterocycles. The molecule has 0 unspecified atom stereocenters. The van der Waals surface area contributed by atoms with Crippen LogP contribution >= 0.6 is 0 Å². The molecule has 3 rings (SSSR count). The van der Waals surface area contributed by atoms with Crippen molar-refractivity contribution in [3.63, 3.8) is 0 Å². The van der Waals surface area contributed by atoms with E-state index in [0.29, 0.717) is 13.0 Å². The molecule has 0 saturated heterocycles. The molecule has 2 aromatic carbocycles. The van der Waals surface area contributed by atoms with E-state index in [0.717, 1.165) is 12.1 Å². The standard InChI is InChI=1S/C23H29N3O/c1-16-9-10-18(17(2)13-16)20(14-23(27)24-11-12-26(3)4)21-15-25-22-8-6-5-7-19(21)22/h5-10,13,15,20,25H,11-12,14H2,1-4H3,(H,24,27)/p+1/t20-/m0/s1. The first-order valence-electron chi connectivity index (χ1n) is 9.64. The Bertz CT molecular complexity index is 926. The third-order valence-electron chi connectivity index (χ3n) is 5.13. The Morgan fingerprint density at radius 1 is 1.11 bits per heavy atom. The van der Waals surface area contributed by atoms with Gasteiger partial charge in [-0.2, -0.15) is 0 Å². The number of aromatic amines is 1. The maximum Gasteiger partial charge on any atom is 0.221 e. The highest BCUT2D eigenvalue weighted by Crippen LogP contribution is 2.35. The SMILES string of the molecule is Cc1ccc([C@H](CC(=O)NCC[NH+](C)C)c2c[nH]c3ccccc23)c(C)c1. The van der Waals surface area contributed by atoms with Gasteiger partial charge in [0.05, 0.1) is 27.2 Å². The van der Waals surface area contributed by atoms with E-state index in [1.165, 1.54) is 32.5 Å². The zero-order valence-electron chi connectivity index (χ0n) is 16.7. The number of amides is 1. The molecule has 142 valence electrons. The maximum atomic E-state index is 12.7. The minimum absolute atomic E-state index is 0.0356. The number of para-hydroxylation sites is 1. The molecule has 0 fully saturated rings. The molecule has 1 heterocycles. The van der Waals surface area contributed by atoms with Gasteiger partial charge in [-0.25, -0.2) is 0 Å². The predicted molar refractivity (Wildman–Crippen MR) is 111 cm³/mol. The topological polar surface area (TPSA) is 49.3 Å². The molecular weight excluding hydrogens is 334 g/mol. The third-order valence-corrected chi connectivity index (χ3v) is 5.13. The first kappa shape index (κ1) is 19.2. The normalized spacial score (nSPS) is 12.5. The summed E-state index contributed by atoms with van der Waals surface area (Å²) in [7, 11) is 4.19. The van der Waals surface area contributed by atoms with Crippen molar-refractivity contribution in [2.45, 2.75) is 26.2 Å². The summed E-state index contributed by atoms with van der Waals surface area (Å²) in [6.07, 6.45) is 2.51. The second-order valence-electron chi connectivity index (χ2n) is 7.71. The van der Waals surface area contributed by atoms with E-state index in [-0.39, 0.29) is 11.8 Å². The van der Waals surface area contributed by atoms with E-state index in [1.54, 1.807) is 0 Å². The van der Waals surface area contributed by atoms with Gasteiger partial charge >= 0.3 is 0 Å². The van der Waals surface area contributed by atoms with Crippen molar-refractivity contribution in [1.29, 1.82) is 0 Å². The lowest BCUT2D eigenvalue weighted by Gasteiger charge is -2.20. The molecule has 0 saturated carbocycles. The Hall–Kier alpha value is -2.59. The Morgan fingerprint density at radius 3 is 2.63 bits per heavy atom. The first-order chi connectivity index (χ1) is 13.0. The number of likely N-dealkylation sites (N-methyl/N-ethyl adjacent to an activating group) is 1. The Morgan fingerprint density at radius 2 is 1.89 bits per heavy atom. The van der Waals surface area contributed by atoms with Gasteiger partial charge in [0.2, 0.25) is 5.91 Å². The van der Waals surface area contributed by atoms with Crippen molar-refractivity contribution in [2.75, 3.05) is 27.2 Å². The smallest absolute Gasteiger partial charge is 0.221 e. The van der Waals surface area contributed by atoms with Crippen LogP contribution in [0.5, 0.6) is 0 Å². The second kappa shape index (κ2) is 8.40. The average molecular weight is 365 g/mol. The molecule has 27 heavy (non-hydrogen) atoms. The van der Waals surface area contributed by atoms with Crippen LogP contribution in [0.2, 0.25) is 0 Å². The van der Waals surface area contributed by atoms with Crippen LogP contribution in [0.3, 0.4) is 0 Å². The number of quaternary nitrogens is 1. The van der Waals surface area contributed by atoms with Crippen molar-refractivity contribution < 1.29 is 9.69 Å². The van der Waals surface area contributed by atoms with Gasteiger partial charge < -0.3 is 15.2 Å². The molecule has 0 radical (unpaired) electrons. The summed E-state index contributed by atoms with van der Waals surface area (Å²) in [5.41, 5.74) is 5.99. The number of aromatic nitrogens is 1. The maximum absolute atomic E-state index is 12.7. The first-order valence-corrected chi connectivity index (χ1v) is 9.64. The zero-order valence-corrected chi connectivity index (χ0v) is 16.7. The number of hydrogen-bond donors (Lipinski definition) is 3. The minimum Gasteiger partial charge on any atom is -0.361 e. The monoisotopic (exact) mass is 364 g/mol. The van der Waals surface area contributed by atoms with E-state index < -0.39 is 0 Å². The van der Waals surface area contributed by atoms with Crippen LogP contribution in [0.15, 0.2) is 48.7 Å². The Balaban J connectivity index is 1.93. The van der Waals surface area contributed by atoms with Crippen molar-refractivity contribution in [3.8, 4) is 0 Å². The lowest BCUT2D eigenvalue weighted by Crippen LogP contribution is -3.06. The molecule has 4 heteroatoms. The van der Waals surface area contributed by atoms with Gasteiger partial charge in [-0.15, -0.1) is 0 Å². The number of fused-ring (bicyclic) bond motifs is 1. The van der Waals surface area contributed by atoms with E-state index in [2.05, 4.69) is 80.8 Å². The van der Waals surface area contributed by atoms with Gasteiger partial charge in [0.25, 0.3) is 0 Å². The molecular formula is C23H30N3O+. The summed E-state index contributed by atoms with van der Waals surface area (Å²) < 4.78 is 0. The third kappa shape index (κ3) is 4.58. The summed E-state index contributed by atoms with van der Waals surface area (Å²) in [6.45, 7) is 5.87. The van der Waals surface area contributed by atoms with Gasteiger partial charge in [-0.05, 0) is 36.6 Å². The van der Waals surface area contributed by atoms with Crippen LogP contribution in [0.4, 0.5) is 0 Å². The molecule has 4 nitrogen and oxygen atoms in total. The predicted octanol–water partition coefficient (Wildman–Crippen LogP) is 2.57. The average Bonchev–Trinajstić information content (AvgIpc) is 3.04. The van der Waals surface area contributed by atoms with Crippen LogP contribution in [0.25, 0.3) is 10.9 Å². The van der Waals surface area contributed by atoms with E-state index in [1.807, 2.05) is 6.07 Å². The highest BCUT2D eigenvalue weighted by molar-refractivity contribution is 5.86. The van der Waals surface area contributed by atoms with Crippen LogP contribution in [0, 0.1) is 13.8 Å². The van der Waals surface area contributed by atoms with Crippen LogP contribution in [-0.2, 0) is 4.79 Å². The highest BCUT2D eigenvalue weighted by Gasteiger charge is 2.22. The summed E-state index contributed by atoms with van der Waals surface area (Å²) in [5.74, 6) is 0.139. The van der Waals surface area contributed by atoms with Crippen molar-refractivity contribution in [3.05, 3.63) is 70.9 Å². The number of hydrogen-bond acceptors (Lipinski definition) is 1. The fraction of sp³-hybridized carbons (Fsp3) is 0.348. The summed E-state index contributed by atoms with van der Waals surface area (Å²) in [4.78, 5) is 17.4. The molecule has 3 N–H and O–H groups in total. The molecule has 0 aliphatic rings. The molecule has 0 spiro atoms. The number of nitrogens with one attached hydrogen (secondary N) is 3. The number of aryl methyl sites for hydroxylation is 2. The van der Waals surface area contributed by atoms with Gasteiger partial charge in [0, 0.05) is 29.4 Å². The number of rotatable bonds is 7. The molecule has 0 aliphatic carbocycles. The molecule has 1 atom stereocenters. The lowest BCUT2D eigenvalue weighted by atomic mass is 9.85. The number of carbonyl (C=O) groups excluding carboxylic acids is 1. The van der Waals surface area contributed by atoms with Crippen molar-refractivity contribution in [1.82, 2.24) is 10.3 Å². The Labute approximate surface area is 161 Å². The van der Waals surface area contributed by atoms with Crippen molar-refractivity contribution >= 4 is 16.8 Å². The highest BCUT2D eigenvalue weighted by atomic mass is 16.1. The lowest BCUT2D eigenvalue weighted by molar-refractivity contribution is -0.856. The van der Waals surface area contributed by atoms with Crippen molar-refractivity contribution in [2.24, 2.45) is 0 Å². The van der Waals surface area contributed by atoms with Gasteiger partial charge in [-0.3, -0.25) is 4.79 Å². The number of carbonyl (C=O) groups is 1. The van der Waals surface area contributed by atoms with Crippen LogP contribution in [-0.4, -0.2) is 38.1 Å². The second-order valence-corrected chi connectivity index (χ2v) is 7.71. The van der Waals surface area contributed by atoms with Gasteiger partial charge in [-0.1, -0.05) is 42.0 Å². The van der Waals surface area contributed by atoms with E-state index in [4.69, 9.17) is 0 Å². The molecule has 0 bridgehead atoms. The molecule has 1 amide bonds. The summed E-state index contributed by atoms with van der Waals surface area (Å²) in [6, 6.07) is 14.8. The van der Waals surface area contributed by atoms with Crippen LogP contribution < -0.4 is 10.2 Å². The largest absolute Gasteiger partial charge is 0.361 e. The number of H-pyrrole nitrogens is 1. The van der Waals surface area contributed by atoms with Gasteiger partial charge in [0.1, 0.15) is 0 Å². The fourth-order valence-electron chi connectivity index (χ4n) is 3.70. The molecule has 1 aromatic heterocycles. The number of benzene rings is 2. The van der Waals surface area contributed by atoms with Crippen LogP contribution in [0.1, 0.15) is 34.6 Å². The Kier molecular flexibility index (Phi) is 5.97. The summed E-state index contributed by atoms with van der Waals surface area (Å²) in [5, 5.41) is 4.27. The van der Waals surface area contributed by atoms with Gasteiger partial charge in [0.15, 0.2) is 0 Å². The summed E-state index contributed by atoms with van der Waals surface area (Å²) >= 11 is 0. The van der Waals surface area contributed by atoms with E-state index in [9.17, 15) is 4.79 Å².